The van der Waals surface area contributed by atoms with Gasteiger partial charge >= 0.3 is 5.97 Å². The van der Waals surface area contributed by atoms with Crippen molar-refractivity contribution in [1.29, 1.82) is 0 Å². The van der Waals surface area contributed by atoms with Crippen LogP contribution in [0.1, 0.15) is 38.8 Å². The maximum atomic E-state index is 12.4. The topological polar surface area (TPSA) is 55.8 Å². The lowest BCUT2D eigenvalue weighted by Crippen LogP contribution is -2.33. The lowest BCUT2D eigenvalue weighted by atomic mass is 9.77. The third-order valence-electron chi connectivity index (χ3n) is 4.50. The first kappa shape index (κ1) is 17.8. The Morgan fingerprint density at radius 3 is 2.46 bits per heavy atom. The Morgan fingerprint density at radius 2 is 1.73 bits per heavy atom. The zero-order chi connectivity index (χ0) is 18.9. The SMILES string of the molecule is C/C=C\C1=C(C)C(=O)OC12c1ccccc1Oc1cc(O)ccc12.CC. The second-order valence-corrected chi connectivity index (χ2v) is 5.89. The van der Waals surface area contributed by atoms with Crippen LogP contribution in [0.5, 0.6) is 17.2 Å². The Balaban J connectivity index is 0.000000948. The molecule has 0 fully saturated rings. The molecule has 0 aromatic heterocycles. The van der Waals surface area contributed by atoms with Crippen LogP contribution in [0.25, 0.3) is 0 Å². The number of phenolic OH excluding ortho intramolecular Hbond substituents is 1. The van der Waals surface area contributed by atoms with Crippen LogP contribution in [-0.4, -0.2) is 11.1 Å². The lowest BCUT2D eigenvalue weighted by molar-refractivity contribution is -0.145. The van der Waals surface area contributed by atoms with Gasteiger partial charge in [-0.05, 0) is 32.0 Å². The third-order valence-corrected chi connectivity index (χ3v) is 4.50. The lowest BCUT2D eigenvalue weighted by Gasteiger charge is -2.37. The van der Waals surface area contributed by atoms with Crippen molar-refractivity contribution in [3.8, 4) is 17.2 Å². The minimum absolute atomic E-state index is 0.0980. The molecule has 1 atom stereocenters. The molecule has 0 saturated heterocycles. The van der Waals surface area contributed by atoms with Crippen molar-refractivity contribution < 1.29 is 19.4 Å². The number of fused-ring (bicyclic) bond motifs is 4. The van der Waals surface area contributed by atoms with Crippen LogP contribution < -0.4 is 4.74 Å². The van der Waals surface area contributed by atoms with Crippen LogP contribution in [0.2, 0.25) is 0 Å². The molecular weight excluding hydrogens is 328 g/mol. The average molecular weight is 350 g/mol. The standard InChI is InChI=1S/C20H16O4.C2H6/c1-3-6-14-12(2)19(22)24-20(14)15-7-4-5-8-17(15)23-18-11-13(21)9-10-16(18)20;1-2/h3-11,21H,1-2H3;1-2H3/b6-3-;. The van der Waals surface area contributed by atoms with Crippen molar-refractivity contribution in [2.75, 3.05) is 0 Å². The molecule has 1 spiro atoms. The minimum Gasteiger partial charge on any atom is -0.508 e. The molecule has 2 heterocycles. The van der Waals surface area contributed by atoms with E-state index >= 15 is 0 Å². The molecule has 134 valence electrons. The van der Waals surface area contributed by atoms with E-state index < -0.39 is 5.60 Å². The van der Waals surface area contributed by atoms with E-state index in [0.29, 0.717) is 22.6 Å². The van der Waals surface area contributed by atoms with Crippen LogP contribution in [0.4, 0.5) is 0 Å². The molecular formula is C22H22O4. The zero-order valence-electron chi connectivity index (χ0n) is 15.4. The van der Waals surface area contributed by atoms with Gasteiger partial charge < -0.3 is 14.6 Å². The van der Waals surface area contributed by atoms with Gasteiger partial charge in [-0.15, -0.1) is 0 Å². The predicted molar refractivity (Wildman–Crippen MR) is 100 cm³/mol. The van der Waals surface area contributed by atoms with Crippen LogP contribution in [0.15, 0.2) is 65.8 Å². The Bertz CT molecular complexity index is 923. The summed E-state index contributed by atoms with van der Waals surface area (Å²) in [6, 6.07) is 12.4. The molecule has 0 amide bonds. The molecule has 0 saturated carbocycles. The summed E-state index contributed by atoms with van der Waals surface area (Å²) in [6.45, 7) is 7.67. The number of carbonyl (C=O) groups is 1. The molecule has 0 radical (unpaired) electrons. The number of aromatic hydroxyl groups is 1. The fraction of sp³-hybridized carbons (Fsp3) is 0.227. The number of ether oxygens (including phenoxy) is 2. The highest BCUT2D eigenvalue weighted by molar-refractivity contribution is 5.95. The summed E-state index contributed by atoms with van der Waals surface area (Å²) < 4.78 is 11.9. The molecule has 2 aromatic carbocycles. The molecule has 26 heavy (non-hydrogen) atoms. The van der Waals surface area contributed by atoms with E-state index in [1.54, 1.807) is 25.1 Å². The van der Waals surface area contributed by atoms with Gasteiger partial charge in [0.2, 0.25) is 0 Å². The molecule has 0 aliphatic carbocycles. The number of hydrogen-bond donors (Lipinski definition) is 1. The maximum Gasteiger partial charge on any atom is 0.335 e. The molecule has 1 unspecified atom stereocenters. The summed E-state index contributed by atoms with van der Waals surface area (Å²) >= 11 is 0. The molecule has 4 nitrogen and oxygen atoms in total. The van der Waals surface area contributed by atoms with Gasteiger partial charge in [0.05, 0.1) is 0 Å². The summed E-state index contributed by atoms with van der Waals surface area (Å²) in [5.74, 6) is 0.845. The van der Waals surface area contributed by atoms with Crippen molar-refractivity contribution in [3.63, 3.8) is 0 Å². The monoisotopic (exact) mass is 350 g/mol. The number of para-hydroxylation sites is 1. The fourth-order valence-corrected chi connectivity index (χ4v) is 3.45. The van der Waals surface area contributed by atoms with Crippen LogP contribution in [-0.2, 0) is 15.1 Å². The normalized spacial score (nSPS) is 20.2. The van der Waals surface area contributed by atoms with Gasteiger partial charge in [0.25, 0.3) is 0 Å². The molecule has 2 aromatic rings. The first-order chi connectivity index (χ1) is 12.6. The number of allylic oxidation sites excluding steroid dienone is 1. The summed E-state index contributed by atoms with van der Waals surface area (Å²) in [4.78, 5) is 12.4. The molecule has 2 aliphatic heterocycles. The van der Waals surface area contributed by atoms with Crippen molar-refractivity contribution in [3.05, 3.63) is 76.9 Å². The van der Waals surface area contributed by atoms with Crippen molar-refractivity contribution in [2.45, 2.75) is 33.3 Å². The summed E-state index contributed by atoms with van der Waals surface area (Å²) in [6.07, 6.45) is 3.79. The van der Waals surface area contributed by atoms with Gasteiger partial charge in [0.15, 0.2) is 5.60 Å². The highest BCUT2D eigenvalue weighted by atomic mass is 16.6. The highest BCUT2D eigenvalue weighted by Gasteiger charge is 2.53. The molecule has 1 N–H and O–H groups in total. The van der Waals surface area contributed by atoms with Crippen molar-refractivity contribution in [1.82, 2.24) is 0 Å². The maximum absolute atomic E-state index is 12.4. The van der Waals surface area contributed by atoms with E-state index in [4.69, 9.17) is 9.47 Å². The fourth-order valence-electron chi connectivity index (χ4n) is 3.45. The Kier molecular flexibility index (Phi) is 4.60. The second kappa shape index (κ2) is 6.71. The average Bonchev–Trinajstić information content (AvgIpc) is 2.89. The quantitative estimate of drug-likeness (QED) is 0.717. The third kappa shape index (κ3) is 2.41. The first-order valence-electron chi connectivity index (χ1n) is 8.76. The second-order valence-electron chi connectivity index (χ2n) is 5.89. The predicted octanol–water partition coefficient (Wildman–Crippen LogP) is 5.22. The smallest absolute Gasteiger partial charge is 0.335 e. The van der Waals surface area contributed by atoms with E-state index in [1.807, 2.05) is 57.2 Å². The van der Waals surface area contributed by atoms with Gasteiger partial charge in [-0.2, -0.15) is 0 Å². The highest BCUT2D eigenvalue weighted by Crippen LogP contribution is 2.56. The van der Waals surface area contributed by atoms with Crippen molar-refractivity contribution >= 4 is 5.97 Å². The number of benzene rings is 2. The number of phenols is 1. The van der Waals surface area contributed by atoms with Gasteiger partial charge in [-0.1, -0.05) is 44.2 Å². The minimum atomic E-state index is -1.05. The summed E-state index contributed by atoms with van der Waals surface area (Å²) in [7, 11) is 0. The van der Waals surface area contributed by atoms with Crippen LogP contribution >= 0.6 is 0 Å². The Morgan fingerprint density at radius 1 is 1.04 bits per heavy atom. The Labute approximate surface area is 153 Å². The van der Waals surface area contributed by atoms with E-state index in [2.05, 4.69) is 0 Å². The van der Waals surface area contributed by atoms with Gasteiger partial charge in [0, 0.05) is 28.3 Å². The van der Waals surface area contributed by atoms with Crippen LogP contribution in [0.3, 0.4) is 0 Å². The van der Waals surface area contributed by atoms with Crippen molar-refractivity contribution in [2.24, 2.45) is 0 Å². The van der Waals surface area contributed by atoms with E-state index in [1.165, 1.54) is 0 Å². The summed E-state index contributed by atoms with van der Waals surface area (Å²) in [5, 5.41) is 9.83. The van der Waals surface area contributed by atoms with E-state index in [0.717, 1.165) is 11.1 Å². The number of esters is 1. The summed E-state index contributed by atoms with van der Waals surface area (Å²) in [5.41, 5.74) is 1.80. The largest absolute Gasteiger partial charge is 0.508 e. The number of rotatable bonds is 1. The van der Waals surface area contributed by atoms with Crippen LogP contribution in [0, 0.1) is 0 Å². The molecule has 4 rings (SSSR count). The van der Waals surface area contributed by atoms with E-state index in [-0.39, 0.29) is 11.7 Å². The molecule has 2 aliphatic rings. The Hall–Kier alpha value is -3.01. The van der Waals surface area contributed by atoms with Gasteiger partial charge in [0.1, 0.15) is 17.2 Å². The van der Waals surface area contributed by atoms with Gasteiger partial charge in [-0.3, -0.25) is 0 Å². The zero-order valence-corrected chi connectivity index (χ0v) is 15.4. The van der Waals surface area contributed by atoms with E-state index in [9.17, 15) is 9.90 Å². The molecule has 0 bridgehead atoms. The number of hydrogen-bond acceptors (Lipinski definition) is 4. The number of carbonyl (C=O) groups excluding carboxylic acids is 1. The molecule has 4 heteroatoms. The van der Waals surface area contributed by atoms with Gasteiger partial charge in [-0.25, -0.2) is 4.79 Å². The first-order valence-corrected chi connectivity index (χ1v) is 8.76.